The van der Waals surface area contributed by atoms with E-state index in [1.54, 1.807) is 4.31 Å². The number of rotatable bonds is 7. The number of nitrogens with zero attached hydrogens (tertiary/aromatic N) is 2. The lowest BCUT2D eigenvalue weighted by atomic mass is 9.99. The molecule has 1 rings (SSSR count). The third-order valence-electron chi connectivity index (χ3n) is 3.39. The number of piperidine rings is 1. The highest BCUT2D eigenvalue weighted by molar-refractivity contribution is 7.88. The van der Waals surface area contributed by atoms with E-state index < -0.39 is 10.0 Å². The van der Waals surface area contributed by atoms with Gasteiger partial charge in [0.05, 0.1) is 11.2 Å². The van der Waals surface area contributed by atoms with Gasteiger partial charge >= 0.3 is 0 Å². The molecule has 1 heterocycles. The van der Waals surface area contributed by atoms with Crippen LogP contribution in [0.25, 0.3) is 0 Å². The van der Waals surface area contributed by atoms with Crippen molar-refractivity contribution < 1.29 is 8.42 Å². The van der Waals surface area contributed by atoms with E-state index in [0.717, 1.165) is 32.4 Å². The molecule has 0 bridgehead atoms. The number of nitrogens with two attached hydrogens (primary N) is 1. The van der Waals surface area contributed by atoms with Gasteiger partial charge in [0.1, 0.15) is 0 Å². The molecule has 0 spiro atoms. The standard InChI is InChI=1S/C12H25N3O2S2/c1-3-6-14(10-12(13)18)8-11-5-4-7-15(9-11)19(2,16)17/h11H,3-10H2,1-2H3,(H2,13,18). The minimum Gasteiger partial charge on any atom is -0.392 e. The number of hydrogen-bond donors (Lipinski definition) is 1. The summed E-state index contributed by atoms with van der Waals surface area (Å²) in [4.78, 5) is 2.74. The van der Waals surface area contributed by atoms with Crippen LogP contribution in [0.5, 0.6) is 0 Å². The van der Waals surface area contributed by atoms with Crippen LogP contribution in [-0.4, -0.2) is 61.6 Å². The van der Waals surface area contributed by atoms with Gasteiger partial charge in [0.15, 0.2) is 0 Å². The molecule has 0 aromatic rings. The second-order valence-corrected chi connectivity index (χ2v) is 7.84. The van der Waals surface area contributed by atoms with E-state index >= 15 is 0 Å². The molecule has 7 heteroatoms. The lowest BCUT2D eigenvalue weighted by Crippen LogP contribution is -2.44. The van der Waals surface area contributed by atoms with Crippen molar-refractivity contribution in [2.45, 2.75) is 26.2 Å². The van der Waals surface area contributed by atoms with Gasteiger partial charge in [-0.15, -0.1) is 0 Å². The van der Waals surface area contributed by atoms with Gasteiger partial charge < -0.3 is 5.73 Å². The zero-order chi connectivity index (χ0) is 14.5. The Morgan fingerprint density at radius 3 is 2.74 bits per heavy atom. The van der Waals surface area contributed by atoms with Crippen LogP contribution in [0.1, 0.15) is 26.2 Å². The monoisotopic (exact) mass is 307 g/mol. The summed E-state index contributed by atoms with van der Waals surface area (Å²) in [5.41, 5.74) is 5.61. The van der Waals surface area contributed by atoms with Crippen molar-refractivity contribution >= 4 is 27.2 Å². The molecule has 19 heavy (non-hydrogen) atoms. The largest absolute Gasteiger partial charge is 0.392 e. The molecule has 1 unspecified atom stereocenters. The average molecular weight is 307 g/mol. The molecule has 1 aliphatic rings. The van der Waals surface area contributed by atoms with Gasteiger partial charge in [-0.3, -0.25) is 4.90 Å². The molecule has 5 nitrogen and oxygen atoms in total. The van der Waals surface area contributed by atoms with E-state index in [4.69, 9.17) is 18.0 Å². The first-order chi connectivity index (χ1) is 8.82. The van der Waals surface area contributed by atoms with Gasteiger partial charge in [-0.05, 0) is 31.7 Å². The third-order valence-corrected chi connectivity index (χ3v) is 4.79. The van der Waals surface area contributed by atoms with Crippen LogP contribution in [-0.2, 0) is 10.0 Å². The predicted octanol–water partition coefficient (Wildman–Crippen LogP) is 0.656. The molecule has 0 saturated carbocycles. The van der Waals surface area contributed by atoms with E-state index in [1.807, 2.05) is 0 Å². The molecule has 0 aromatic heterocycles. The average Bonchev–Trinajstić information content (AvgIpc) is 2.27. The minimum atomic E-state index is -3.07. The summed E-state index contributed by atoms with van der Waals surface area (Å²) in [5.74, 6) is 0.379. The molecule has 2 N–H and O–H groups in total. The van der Waals surface area contributed by atoms with Crippen LogP contribution in [0.3, 0.4) is 0 Å². The number of hydrogen-bond acceptors (Lipinski definition) is 4. The van der Waals surface area contributed by atoms with E-state index in [0.29, 0.717) is 30.5 Å². The first kappa shape index (κ1) is 16.8. The Labute approximate surface area is 122 Å². The van der Waals surface area contributed by atoms with Crippen molar-refractivity contribution in [3.63, 3.8) is 0 Å². The molecule has 0 amide bonds. The second kappa shape index (κ2) is 7.52. The fraction of sp³-hybridized carbons (Fsp3) is 0.917. The van der Waals surface area contributed by atoms with Gasteiger partial charge in [0.2, 0.25) is 10.0 Å². The fourth-order valence-corrected chi connectivity index (χ4v) is 3.74. The van der Waals surface area contributed by atoms with Crippen LogP contribution in [0, 0.1) is 5.92 Å². The van der Waals surface area contributed by atoms with Crippen molar-refractivity contribution in [3.05, 3.63) is 0 Å². The maximum atomic E-state index is 11.6. The number of thiocarbonyl (C=S) groups is 1. The maximum Gasteiger partial charge on any atom is 0.211 e. The summed E-state index contributed by atoms with van der Waals surface area (Å²) >= 11 is 4.97. The molecule has 1 saturated heterocycles. The van der Waals surface area contributed by atoms with Crippen molar-refractivity contribution in [1.29, 1.82) is 0 Å². The molecule has 1 aliphatic heterocycles. The zero-order valence-corrected chi connectivity index (χ0v) is 13.5. The number of sulfonamides is 1. The van der Waals surface area contributed by atoms with E-state index in [-0.39, 0.29) is 0 Å². The zero-order valence-electron chi connectivity index (χ0n) is 11.8. The summed E-state index contributed by atoms with van der Waals surface area (Å²) in [6.07, 6.45) is 4.34. The summed E-state index contributed by atoms with van der Waals surface area (Å²) in [6.45, 7) is 5.84. The Balaban J connectivity index is 2.56. The lowest BCUT2D eigenvalue weighted by Gasteiger charge is -2.34. The van der Waals surface area contributed by atoms with Gasteiger partial charge in [-0.1, -0.05) is 19.1 Å². The maximum absolute atomic E-state index is 11.6. The molecule has 1 fully saturated rings. The van der Waals surface area contributed by atoms with Gasteiger partial charge in [-0.25, -0.2) is 12.7 Å². The van der Waals surface area contributed by atoms with Crippen LogP contribution in [0.15, 0.2) is 0 Å². The predicted molar refractivity (Wildman–Crippen MR) is 82.7 cm³/mol. The quantitative estimate of drug-likeness (QED) is 0.700. The molecular weight excluding hydrogens is 282 g/mol. The Morgan fingerprint density at radius 1 is 1.53 bits per heavy atom. The van der Waals surface area contributed by atoms with E-state index in [2.05, 4.69) is 11.8 Å². The normalized spacial score (nSPS) is 21.7. The second-order valence-electron chi connectivity index (χ2n) is 5.33. The van der Waals surface area contributed by atoms with Gasteiger partial charge in [0, 0.05) is 26.2 Å². The molecular formula is C12H25N3O2S2. The van der Waals surface area contributed by atoms with Crippen molar-refractivity contribution in [1.82, 2.24) is 9.21 Å². The topological polar surface area (TPSA) is 66.6 Å². The molecule has 0 aromatic carbocycles. The highest BCUT2D eigenvalue weighted by Gasteiger charge is 2.26. The highest BCUT2D eigenvalue weighted by atomic mass is 32.2. The fourth-order valence-electron chi connectivity index (χ4n) is 2.61. The summed E-state index contributed by atoms with van der Waals surface area (Å²) in [7, 11) is -3.07. The van der Waals surface area contributed by atoms with Crippen molar-refractivity contribution in [2.75, 3.05) is 39.0 Å². The smallest absolute Gasteiger partial charge is 0.211 e. The van der Waals surface area contributed by atoms with Crippen LogP contribution < -0.4 is 5.73 Å². The summed E-state index contributed by atoms with van der Waals surface area (Å²) in [6, 6.07) is 0. The van der Waals surface area contributed by atoms with Crippen LogP contribution in [0.2, 0.25) is 0 Å². The lowest BCUT2D eigenvalue weighted by molar-refractivity contribution is 0.193. The Morgan fingerprint density at radius 2 is 2.21 bits per heavy atom. The van der Waals surface area contributed by atoms with Crippen LogP contribution >= 0.6 is 12.2 Å². The Kier molecular flexibility index (Phi) is 6.65. The Hall–Kier alpha value is -0.240. The molecule has 0 aliphatic carbocycles. The molecule has 112 valence electrons. The van der Waals surface area contributed by atoms with E-state index in [1.165, 1.54) is 6.26 Å². The highest BCUT2D eigenvalue weighted by Crippen LogP contribution is 2.19. The van der Waals surface area contributed by atoms with E-state index in [9.17, 15) is 8.42 Å². The summed E-state index contributed by atoms with van der Waals surface area (Å²) < 4.78 is 24.8. The summed E-state index contributed by atoms with van der Waals surface area (Å²) in [5, 5.41) is 0. The van der Waals surface area contributed by atoms with Crippen molar-refractivity contribution in [2.24, 2.45) is 11.7 Å². The first-order valence-electron chi connectivity index (χ1n) is 6.78. The minimum absolute atomic E-state index is 0.379. The molecule has 1 atom stereocenters. The SMILES string of the molecule is CCCN(CC(N)=S)CC1CCCN(S(C)(=O)=O)C1. The van der Waals surface area contributed by atoms with Crippen LogP contribution in [0.4, 0.5) is 0 Å². The molecule has 0 radical (unpaired) electrons. The first-order valence-corrected chi connectivity index (χ1v) is 9.04. The van der Waals surface area contributed by atoms with Crippen molar-refractivity contribution in [3.8, 4) is 0 Å². The van der Waals surface area contributed by atoms with Gasteiger partial charge in [0.25, 0.3) is 0 Å². The Bertz CT molecular complexity index is 398. The van der Waals surface area contributed by atoms with Gasteiger partial charge in [-0.2, -0.15) is 0 Å². The third kappa shape index (κ3) is 6.16.